The van der Waals surface area contributed by atoms with Crippen LogP contribution in [-0.2, 0) is 0 Å². The van der Waals surface area contributed by atoms with E-state index in [-0.39, 0.29) is 0 Å². The Morgan fingerprint density at radius 1 is 0.571 bits per heavy atom. The van der Waals surface area contributed by atoms with Gasteiger partial charge in [-0.15, -0.1) is 0 Å². The smallest absolute Gasteiger partial charge is 0.00979 e. The molecule has 0 aromatic heterocycles. The predicted molar refractivity (Wildman–Crippen MR) is 70.3 cm³/mol. The third kappa shape index (κ3) is 12.3. The van der Waals surface area contributed by atoms with Crippen LogP contribution >= 0.6 is 12.6 Å². The molecule has 0 aliphatic rings. The van der Waals surface area contributed by atoms with Gasteiger partial charge in [-0.05, 0) is 12.2 Å². The van der Waals surface area contributed by atoms with Crippen LogP contribution < -0.4 is 0 Å². The molecule has 0 aliphatic heterocycles. The van der Waals surface area contributed by atoms with Crippen LogP contribution in [0.4, 0.5) is 0 Å². The summed E-state index contributed by atoms with van der Waals surface area (Å²) in [6, 6.07) is 0. The van der Waals surface area contributed by atoms with Crippen LogP contribution in [0, 0.1) is 0 Å². The van der Waals surface area contributed by atoms with Gasteiger partial charge < -0.3 is 0 Å². The fourth-order valence-electron chi connectivity index (χ4n) is 1.78. The van der Waals surface area contributed by atoms with Gasteiger partial charge in [0.2, 0.25) is 0 Å². The Labute approximate surface area is 96.3 Å². The van der Waals surface area contributed by atoms with E-state index in [0.29, 0.717) is 0 Å². The highest BCUT2D eigenvalue weighted by atomic mass is 32.1. The van der Waals surface area contributed by atoms with Crippen molar-refractivity contribution in [2.24, 2.45) is 0 Å². The Hall–Kier alpha value is 0.350. The quantitative estimate of drug-likeness (QED) is 0.355. The van der Waals surface area contributed by atoms with E-state index in [4.69, 9.17) is 0 Å². The lowest BCUT2D eigenvalue weighted by atomic mass is 10.1. The summed E-state index contributed by atoms with van der Waals surface area (Å²) in [5, 5.41) is 0. The maximum atomic E-state index is 4.21. The summed E-state index contributed by atoms with van der Waals surface area (Å²) in [5.41, 5.74) is 0. The minimum absolute atomic E-state index is 1.07. The molecule has 0 nitrogen and oxygen atoms in total. The fraction of sp³-hybridized carbons (Fsp3) is 1.00. The molecule has 0 aromatic carbocycles. The zero-order chi connectivity index (χ0) is 10.5. The molecule has 14 heavy (non-hydrogen) atoms. The van der Waals surface area contributed by atoms with Crippen molar-refractivity contribution in [3.05, 3.63) is 0 Å². The van der Waals surface area contributed by atoms with E-state index in [2.05, 4.69) is 19.6 Å². The lowest BCUT2D eigenvalue weighted by molar-refractivity contribution is 0.555. The van der Waals surface area contributed by atoms with Crippen molar-refractivity contribution < 1.29 is 0 Å². The van der Waals surface area contributed by atoms with Crippen LogP contribution in [0.1, 0.15) is 77.6 Å². The minimum Gasteiger partial charge on any atom is -0.179 e. The summed E-state index contributed by atoms with van der Waals surface area (Å²) in [6.07, 6.45) is 15.7. The summed E-state index contributed by atoms with van der Waals surface area (Å²) in [5.74, 6) is 1.07. The topological polar surface area (TPSA) is 0 Å². The van der Waals surface area contributed by atoms with Crippen molar-refractivity contribution in [2.45, 2.75) is 77.6 Å². The Balaban J connectivity index is 2.78. The second-order valence-corrected chi connectivity index (χ2v) is 4.71. The highest BCUT2D eigenvalue weighted by Crippen LogP contribution is 2.11. The van der Waals surface area contributed by atoms with Gasteiger partial charge in [-0.3, -0.25) is 0 Å². The number of thiol groups is 1. The van der Waals surface area contributed by atoms with Gasteiger partial charge in [0.1, 0.15) is 0 Å². The Bertz CT molecular complexity index is 79.2. The van der Waals surface area contributed by atoms with E-state index in [9.17, 15) is 0 Å². The summed E-state index contributed by atoms with van der Waals surface area (Å²) in [7, 11) is 0. The van der Waals surface area contributed by atoms with Crippen LogP contribution in [0.15, 0.2) is 0 Å². The van der Waals surface area contributed by atoms with Crippen molar-refractivity contribution in [1.29, 1.82) is 0 Å². The molecule has 1 heteroatoms. The van der Waals surface area contributed by atoms with Crippen molar-refractivity contribution in [3.8, 4) is 0 Å². The van der Waals surface area contributed by atoms with Crippen LogP contribution in [0.3, 0.4) is 0 Å². The Kier molecular flexibility index (Phi) is 13.7. The first-order chi connectivity index (χ1) is 6.91. The molecular weight excluding hydrogens is 188 g/mol. The number of hydrogen-bond donors (Lipinski definition) is 1. The van der Waals surface area contributed by atoms with Crippen LogP contribution in [-0.4, -0.2) is 5.75 Å². The van der Waals surface area contributed by atoms with Gasteiger partial charge in [-0.1, -0.05) is 71.1 Å². The number of unbranched alkanes of at least 4 members (excludes halogenated alkanes) is 10. The normalized spacial score (nSPS) is 10.7. The maximum absolute atomic E-state index is 4.21. The number of hydrogen-bond acceptors (Lipinski definition) is 1. The van der Waals surface area contributed by atoms with E-state index >= 15 is 0 Å². The SMILES string of the molecule is CCCCCCCCCCCCCS. The fourth-order valence-corrected chi connectivity index (χ4v) is 2.00. The lowest BCUT2D eigenvalue weighted by Crippen LogP contribution is -1.82. The van der Waals surface area contributed by atoms with E-state index in [1.165, 1.54) is 70.6 Å². The third-order valence-electron chi connectivity index (χ3n) is 2.76. The molecule has 0 saturated heterocycles. The van der Waals surface area contributed by atoms with Gasteiger partial charge in [0.15, 0.2) is 0 Å². The minimum atomic E-state index is 1.07. The zero-order valence-electron chi connectivity index (χ0n) is 9.93. The standard InChI is InChI=1S/C13H28S/c1-2-3-4-5-6-7-8-9-10-11-12-13-14/h14H,2-13H2,1H3. The van der Waals surface area contributed by atoms with Crippen molar-refractivity contribution in [2.75, 3.05) is 5.75 Å². The van der Waals surface area contributed by atoms with Gasteiger partial charge in [-0.2, -0.15) is 12.6 Å². The molecule has 0 fully saturated rings. The molecule has 0 atom stereocenters. The molecule has 0 amide bonds. The molecule has 0 N–H and O–H groups in total. The van der Waals surface area contributed by atoms with Gasteiger partial charge in [0.05, 0.1) is 0 Å². The van der Waals surface area contributed by atoms with Gasteiger partial charge in [0.25, 0.3) is 0 Å². The average molecular weight is 216 g/mol. The largest absolute Gasteiger partial charge is 0.179 e. The van der Waals surface area contributed by atoms with Crippen LogP contribution in [0.25, 0.3) is 0 Å². The lowest BCUT2D eigenvalue weighted by Gasteiger charge is -2.01. The van der Waals surface area contributed by atoms with Crippen molar-refractivity contribution in [3.63, 3.8) is 0 Å². The van der Waals surface area contributed by atoms with Crippen LogP contribution in [0.5, 0.6) is 0 Å². The first-order valence-corrected chi connectivity index (χ1v) is 7.16. The summed E-state index contributed by atoms with van der Waals surface area (Å²) in [4.78, 5) is 0. The van der Waals surface area contributed by atoms with Crippen molar-refractivity contribution >= 4 is 12.6 Å². The second-order valence-electron chi connectivity index (χ2n) is 4.26. The molecule has 0 heterocycles. The van der Waals surface area contributed by atoms with E-state index in [1.807, 2.05) is 0 Å². The first-order valence-electron chi connectivity index (χ1n) is 6.52. The zero-order valence-corrected chi connectivity index (χ0v) is 10.8. The van der Waals surface area contributed by atoms with Crippen LogP contribution in [0.2, 0.25) is 0 Å². The molecule has 0 bridgehead atoms. The summed E-state index contributed by atoms with van der Waals surface area (Å²) < 4.78 is 0. The predicted octanol–water partition coefficient (Wildman–Crippen LogP) is 5.23. The molecular formula is C13H28S. The molecule has 86 valence electrons. The molecule has 0 aromatic rings. The highest BCUT2D eigenvalue weighted by molar-refractivity contribution is 7.80. The second kappa shape index (κ2) is 13.4. The van der Waals surface area contributed by atoms with E-state index in [1.54, 1.807) is 0 Å². The maximum Gasteiger partial charge on any atom is -0.00979 e. The number of rotatable bonds is 11. The highest BCUT2D eigenvalue weighted by Gasteiger charge is 1.91. The van der Waals surface area contributed by atoms with E-state index < -0.39 is 0 Å². The molecule has 0 rings (SSSR count). The van der Waals surface area contributed by atoms with Crippen molar-refractivity contribution in [1.82, 2.24) is 0 Å². The molecule has 0 radical (unpaired) electrons. The van der Waals surface area contributed by atoms with E-state index in [0.717, 1.165) is 5.75 Å². The summed E-state index contributed by atoms with van der Waals surface area (Å²) in [6.45, 7) is 2.28. The third-order valence-corrected chi connectivity index (χ3v) is 3.08. The molecule has 0 spiro atoms. The first kappa shape index (κ1) is 14.3. The molecule has 0 saturated carbocycles. The monoisotopic (exact) mass is 216 g/mol. The van der Waals surface area contributed by atoms with Gasteiger partial charge >= 0.3 is 0 Å². The van der Waals surface area contributed by atoms with Gasteiger partial charge in [-0.25, -0.2) is 0 Å². The molecule has 0 unspecified atom stereocenters. The average Bonchev–Trinajstić information content (AvgIpc) is 2.21. The Morgan fingerprint density at radius 2 is 0.929 bits per heavy atom. The molecule has 0 aliphatic carbocycles. The Morgan fingerprint density at radius 3 is 1.29 bits per heavy atom. The summed E-state index contributed by atoms with van der Waals surface area (Å²) >= 11 is 4.21. The van der Waals surface area contributed by atoms with Gasteiger partial charge in [0, 0.05) is 0 Å².